The minimum Gasteiger partial charge on any atom is -0.314 e. The van der Waals surface area contributed by atoms with E-state index in [1.807, 2.05) is 42.1 Å². The highest BCUT2D eigenvalue weighted by molar-refractivity contribution is 6.30. The molecule has 3 aromatic rings. The van der Waals surface area contributed by atoms with Gasteiger partial charge in [0.2, 0.25) is 0 Å². The summed E-state index contributed by atoms with van der Waals surface area (Å²) in [5, 5.41) is 8.99. The summed E-state index contributed by atoms with van der Waals surface area (Å²) in [6, 6.07) is 12.9. The van der Waals surface area contributed by atoms with Crippen LogP contribution in [-0.4, -0.2) is 16.8 Å². The van der Waals surface area contributed by atoms with Gasteiger partial charge in [-0.15, -0.1) is 0 Å². The van der Waals surface area contributed by atoms with Crippen molar-refractivity contribution in [2.45, 2.75) is 13.1 Å². The van der Waals surface area contributed by atoms with Gasteiger partial charge in [-0.3, -0.25) is 4.68 Å². The number of nitrogens with one attached hydrogen (secondary N) is 1. The highest BCUT2D eigenvalue weighted by Crippen LogP contribution is 2.21. The first-order chi connectivity index (χ1) is 10.2. The number of benzene rings is 2. The van der Waals surface area contributed by atoms with E-state index in [0.717, 1.165) is 22.2 Å². The fourth-order valence-corrected chi connectivity index (χ4v) is 2.54. The molecule has 0 fully saturated rings. The van der Waals surface area contributed by atoms with E-state index in [2.05, 4.69) is 10.4 Å². The van der Waals surface area contributed by atoms with Gasteiger partial charge in [-0.2, -0.15) is 5.10 Å². The topological polar surface area (TPSA) is 29.9 Å². The highest BCUT2D eigenvalue weighted by Gasteiger charge is 2.10. The summed E-state index contributed by atoms with van der Waals surface area (Å²) < 4.78 is 15.4. The zero-order valence-electron chi connectivity index (χ0n) is 11.6. The van der Waals surface area contributed by atoms with E-state index in [0.29, 0.717) is 13.1 Å². The second-order valence-corrected chi connectivity index (χ2v) is 5.31. The van der Waals surface area contributed by atoms with Crippen molar-refractivity contribution in [3.05, 3.63) is 64.6 Å². The Morgan fingerprint density at radius 1 is 1.24 bits per heavy atom. The average Bonchev–Trinajstić information content (AvgIpc) is 2.82. The molecule has 0 unspecified atom stereocenters. The van der Waals surface area contributed by atoms with Crippen LogP contribution in [-0.2, 0) is 13.1 Å². The van der Waals surface area contributed by atoms with E-state index in [1.165, 1.54) is 6.07 Å². The molecule has 0 saturated heterocycles. The van der Waals surface area contributed by atoms with Crippen LogP contribution in [0.5, 0.6) is 0 Å². The maximum Gasteiger partial charge on any atom is 0.142 e. The normalized spacial score (nSPS) is 11.2. The molecule has 1 heterocycles. The van der Waals surface area contributed by atoms with E-state index in [-0.39, 0.29) is 5.02 Å². The van der Waals surface area contributed by atoms with Gasteiger partial charge < -0.3 is 5.32 Å². The van der Waals surface area contributed by atoms with Crippen LogP contribution < -0.4 is 5.32 Å². The van der Waals surface area contributed by atoms with Gasteiger partial charge in [0.1, 0.15) is 5.82 Å². The number of aromatic nitrogens is 2. The molecular formula is C16H15ClFN3. The molecule has 108 valence electrons. The molecule has 0 aliphatic carbocycles. The van der Waals surface area contributed by atoms with Crippen LogP contribution in [0.1, 0.15) is 11.3 Å². The quantitative estimate of drug-likeness (QED) is 0.798. The minimum atomic E-state index is -0.402. The molecule has 0 saturated carbocycles. The average molecular weight is 304 g/mol. The first-order valence-electron chi connectivity index (χ1n) is 6.72. The lowest BCUT2D eigenvalue weighted by molar-refractivity contribution is 0.620. The van der Waals surface area contributed by atoms with Crippen LogP contribution in [0.4, 0.5) is 4.39 Å². The fraction of sp³-hybridized carbons (Fsp3) is 0.188. The lowest BCUT2D eigenvalue weighted by Gasteiger charge is -2.05. The zero-order chi connectivity index (χ0) is 14.8. The summed E-state index contributed by atoms with van der Waals surface area (Å²) in [5.41, 5.74) is 2.86. The summed E-state index contributed by atoms with van der Waals surface area (Å²) in [6.45, 7) is 1.21. The summed E-state index contributed by atoms with van der Waals surface area (Å²) in [4.78, 5) is 0. The molecule has 0 spiro atoms. The lowest BCUT2D eigenvalue weighted by Crippen LogP contribution is -2.07. The van der Waals surface area contributed by atoms with Crippen molar-refractivity contribution in [2.24, 2.45) is 0 Å². The Kier molecular flexibility index (Phi) is 3.90. The third-order valence-electron chi connectivity index (χ3n) is 3.40. The van der Waals surface area contributed by atoms with Gasteiger partial charge in [-0.25, -0.2) is 4.39 Å². The predicted octanol–water partition coefficient (Wildman–Crippen LogP) is 3.60. The maximum absolute atomic E-state index is 13.6. The van der Waals surface area contributed by atoms with Gasteiger partial charge in [-0.05, 0) is 30.8 Å². The Labute approximate surface area is 127 Å². The minimum absolute atomic E-state index is 0.139. The number of nitrogens with zero attached hydrogens (tertiary/aromatic N) is 2. The molecule has 0 atom stereocenters. The number of rotatable bonds is 4. The van der Waals surface area contributed by atoms with Crippen molar-refractivity contribution in [2.75, 3.05) is 7.05 Å². The van der Waals surface area contributed by atoms with Crippen LogP contribution in [0.2, 0.25) is 5.02 Å². The van der Waals surface area contributed by atoms with E-state index < -0.39 is 5.82 Å². The predicted molar refractivity (Wildman–Crippen MR) is 83.0 cm³/mol. The summed E-state index contributed by atoms with van der Waals surface area (Å²) in [7, 11) is 1.89. The van der Waals surface area contributed by atoms with Gasteiger partial charge >= 0.3 is 0 Å². The van der Waals surface area contributed by atoms with E-state index >= 15 is 0 Å². The monoisotopic (exact) mass is 303 g/mol. The largest absolute Gasteiger partial charge is 0.314 e. The summed E-state index contributed by atoms with van der Waals surface area (Å²) in [5.74, 6) is -0.402. The van der Waals surface area contributed by atoms with Crippen molar-refractivity contribution in [1.29, 1.82) is 0 Å². The fourth-order valence-electron chi connectivity index (χ4n) is 2.43. The van der Waals surface area contributed by atoms with Crippen LogP contribution in [0.15, 0.2) is 42.5 Å². The SMILES string of the molecule is CNCc1nn(Cc2ccc(Cl)c(F)c2)c2ccccc12. The first-order valence-corrected chi connectivity index (χ1v) is 7.10. The Bertz CT molecular complexity index is 782. The van der Waals surface area contributed by atoms with Gasteiger partial charge in [0.05, 0.1) is 22.8 Å². The van der Waals surface area contributed by atoms with Crippen molar-refractivity contribution >= 4 is 22.5 Å². The van der Waals surface area contributed by atoms with Crippen LogP contribution in [0, 0.1) is 5.82 Å². The van der Waals surface area contributed by atoms with Gasteiger partial charge in [-0.1, -0.05) is 35.9 Å². The second kappa shape index (κ2) is 5.84. The molecule has 0 bridgehead atoms. The zero-order valence-corrected chi connectivity index (χ0v) is 12.4. The van der Waals surface area contributed by atoms with Crippen molar-refractivity contribution in [3.8, 4) is 0 Å². The molecule has 0 aliphatic heterocycles. The molecule has 1 N–H and O–H groups in total. The van der Waals surface area contributed by atoms with Gasteiger partial charge in [0.25, 0.3) is 0 Å². The Balaban J connectivity index is 2.01. The lowest BCUT2D eigenvalue weighted by atomic mass is 10.2. The van der Waals surface area contributed by atoms with Gasteiger partial charge in [0.15, 0.2) is 0 Å². The number of para-hydroxylation sites is 1. The third kappa shape index (κ3) is 2.77. The molecule has 0 radical (unpaired) electrons. The van der Waals surface area contributed by atoms with Crippen molar-refractivity contribution < 1.29 is 4.39 Å². The number of hydrogen-bond acceptors (Lipinski definition) is 2. The van der Waals surface area contributed by atoms with E-state index in [9.17, 15) is 4.39 Å². The molecule has 5 heteroatoms. The number of hydrogen-bond donors (Lipinski definition) is 1. The Morgan fingerprint density at radius 3 is 2.81 bits per heavy atom. The van der Waals surface area contributed by atoms with Crippen LogP contribution >= 0.6 is 11.6 Å². The number of fused-ring (bicyclic) bond motifs is 1. The summed E-state index contributed by atoms with van der Waals surface area (Å²) in [6.07, 6.45) is 0. The molecule has 3 nitrogen and oxygen atoms in total. The van der Waals surface area contributed by atoms with E-state index in [1.54, 1.807) is 6.07 Å². The second-order valence-electron chi connectivity index (χ2n) is 4.90. The first kappa shape index (κ1) is 14.0. The Morgan fingerprint density at radius 2 is 2.05 bits per heavy atom. The molecule has 2 aromatic carbocycles. The summed E-state index contributed by atoms with van der Waals surface area (Å²) >= 11 is 5.72. The molecule has 21 heavy (non-hydrogen) atoms. The standard InChI is InChI=1S/C16H15ClFN3/c1-19-9-15-12-4-2-3-5-16(12)21(20-15)10-11-6-7-13(17)14(18)8-11/h2-8,19H,9-10H2,1H3. The van der Waals surface area contributed by atoms with Crippen molar-refractivity contribution in [3.63, 3.8) is 0 Å². The molecular weight excluding hydrogens is 289 g/mol. The van der Waals surface area contributed by atoms with Crippen LogP contribution in [0.25, 0.3) is 10.9 Å². The molecule has 0 amide bonds. The van der Waals surface area contributed by atoms with Gasteiger partial charge in [0, 0.05) is 11.9 Å². The van der Waals surface area contributed by atoms with Crippen molar-refractivity contribution in [1.82, 2.24) is 15.1 Å². The van der Waals surface area contributed by atoms with E-state index in [4.69, 9.17) is 11.6 Å². The molecule has 0 aliphatic rings. The number of halogens is 2. The molecule has 3 rings (SSSR count). The van der Waals surface area contributed by atoms with Crippen LogP contribution in [0.3, 0.4) is 0 Å². The molecule has 1 aromatic heterocycles. The maximum atomic E-state index is 13.6. The third-order valence-corrected chi connectivity index (χ3v) is 3.70. The smallest absolute Gasteiger partial charge is 0.142 e. The Hall–Kier alpha value is -1.91. The highest BCUT2D eigenvalue weighted by atomic mass is 35.5.